The lowest BCUT2D eigenvalue weighted by Gasteiger charge is -2.00. The van der Waals surface area contributed by atoms with E-state index < -0.39 is 0 Å². The Kier molecular flexibility index (Phi) is 3.35. The second-order valence-corrected chi connectivity index (χ2v) is 5.31. The fourth-order valence-corrected chi connectivity index (χ4v) is 2.57. The standard InChI is InChI=1S/C14H9ClN4S/c1-20-14-17-7-10(6-16)13-18-12(8-19(13)14)9-2-4-11(15)5-3-9/h2-5,7-8H,1H3. The summed E-state index contributed by atoms with van der Waals surface area (Å²) >= 11 is 7.40. The van der Waals surface area contributed by atoms with Crippen LogP contribution in [-0.2, 0) is 0 Å². The van der Waals surface area contributed by atoms with Crippen LogP contribution in [0.4, 0.5) is 0 Å². The Balaban J connectivity index is 2.24. The molecule has 2 aromatic heterocycles. The van der Waals surface area contributed by atoms with Gasteiger partial charge in [0.15, 0.2) is 10.8 Å². The van der Waals surface area contributed by atoms with E-state index in [-0.39, 0.29) is 0 Å². The molecule has 0 N–H and O–H groups in total. The highest BCUT2D eigenvalue weighted by Crippen LogP contribution is 2.24. The van der Waals surface area contributed by atoms with Gasteiger partial charge in [0.1, 0.15) is 11.6 Å². The summed E-state index contributed by atoms with van der Waals surface area (Å²) in [5, 5.41) is 10.6. The summed E-state index contributed by atoms with van der Waals surface area (Å²) in [6, 6.07) is 9.57. The first-order chi connectivity index (χ1) is 9.72. The zero-order valence-electron chi connectivity index (χ0n) is 10.5. The van der Waals surface area contributed by atoms with E-state index in [1.165, 1.54) is 11.8 Å². The minimum absolute atomic E-state index is 0.461. The SMILES string of the molecule is CSc1ncc(C#N)c2nc(-c3ccc(Cl)cc3)cn12. The van der Waals surface area contributed by atoms with E-state index in [0.29, 0.717) is 16.2 Å². The molecular formula is C14H9ClN4S. The lowest BCUT2D eigenvalue weighted by molar-refractivity contribution is 0.901. The molecule has 3 aromatic rings. The van der Waals surface area contributed by atoms with E-state index >= 15 is 0 Å². The minimum atomic E-state index is 0.461. The molecule has 2 heterocycles. The number of hydrogen-bond acceptors (Lipinski definition) is 4. The van der Waals surface area contributed by atoms with Crippen molar-refractivity contribution in [2.75, 3.05) is 6.26 Å². The fraction of sp³-hybridized carbons (Fsp3) is 0.0714. The van der Waals surface area contributed by atoms with Gasteiger partial charge in [0.2, 0.25) is 0 Å². The lowest BCUT2D eigenvalue weighted by atomic mass is 10.2. The molecule has 3 rings (SSSR count). The van der Waals surface area contributed by atoms with E-state index in [9.17, 15) is 0 Å². The summed E-state index contributed by atoms with van der Waals surface area (Å²) in [6.45, 7) is 0. The van der Waals surface area contributed by atoms with Crippen LogP contribution < -0.4 is 0 Å². The van der Waals surface area contributed by atoms with Crippen molar-refractivity contribution in [2.24, 2.45) is 0 Å². The lowest BCUT2D eigenvalue weighted by Crippen LogP contribution is -1.95. The van der Waals surface area contributed by atoms with Gasteiger partial charge in [0.05, 0.1) is 11.9 Å². The Bertz CT molecular complexity index is 818. The molecule has 0 bridgehead atoms. The van der Waals surface area contributed by atoms with Crippen LogP contribution in [0.1, 0.15) is 5.56 Å². The monoisotopic (exact) mass is 300 g/mol. The van der Waals surface area contributed by atoms with Crippen LogP contribution in [-0.4, -0.2) is 20.6 Å². The second-order valence-electron chi connectivity index (χ2n) is 4.10. The highest BCUT2D eigenvalue weighted by Gasteiger charge is 2.11. The Morgan fingerprint density at radius 2 is 2.05 bits per heavy atom. The molecule has 0 amide bonds. The summed E-state index contributed by atoms with van der Waals surface area (Å²) in [7, 11) is 0. The van der Waals surface area contributed by atoms with E-state index in [1.807, 2.05) is 41.1 Å². The molecule has 0 atom stereocenters. The second kappa shape index (κ2) is 5.16. The van der Waals surface area contributed by atoms with Gasteiger partial charge in [-0.05, 0) is 18.4 Å². The highest BCUT2D eigenvalue weighted by molar-refractivity contribution is 7.98. The Morgan fingerprint density at radius 3 is 2.70 bits per heavy atom. The van der Waals surface area contributed by atoms with Crippen LogP contribution in [0.25, 0.3) is 16.9 Å². The normalized spacial score (nSPS) is 10.7. The average Bonchev–Trinajstić information content (AvgIpc) is 2.92. The van der Waals surface area contributed by atoms with Crippen molar-refractivity contribution in [3.8, 4) is 17.3 Å². The number of fused-ring (bicyclic) bond motifs is 1. The summed E-state index contributed by atoms with van der Waals surface area (Å²) in [5.74, 6) is 0. The fourth-order valence-electron chi connectivity index (χ4n) is 1.95. The zero-order chi connectivity index (χ0) is 14.1. The van der Waals surface area contributed by atoms with Crippen molar-refractivity contribution in [3.63, 3.8) is 0 Å². The molecule has 98 valence electrons. The molecule has 0 aliphatic rings. The predicted molar refractivity (Wildman–Crippen MR) is 79.9 cm³/mol. The predicted octanol–water partition coefficient (Wildman–Crippen LogP) is 3.64. The third-order valence-corrected chi connectivity index (χ3v) is 3.82. The Hall–Kier alpha value is -2.03. The summed E-state index contributed by atoms with van der Waals surface area (Å²) in [5.41, 5.74) is 2.83. The van der Waals surface area contributed by atoms with Crippen molar-refractivity contribution in [3.05, 3.63) is 47.2 Å². The van der Waals surface area contributed by atoms with Gasteiger partial charge in [-0.2, -0.15) is 5.26 Å². The molecular weight excluding hydrogens is 292 g/mol. The Morgan fingerprint density at radius 1 is 1.30 bits per heavy atom. The van der Waals surface area contributed by atoms with E-state index in [0.717, 1.165) is 16.4 Å². The number of nitrogens with zero attached hydrogens (tertiary/aromatic N) is 4. The molecule has 0 saturated carbocycles. The minimum Gasteiger partial charge on any atom is -0.277 e. The molecule has 0 spiro atoms. The van der Waals surface area contributed by atoms with Gasteiger partial charge in [-0.15, -0.1) is 0 Å². The summed E-state index contributed by atoms with van der Waals surface area (Å²) < 4.78 is 1.84. The smallest absolute Gasteiger partial charge is 0.173 e. The molecule has 4 nitrogen and oxygen atoms in total. The van der Waals surface area contributed by atoms with Gasteiger partial charge < -0.3 is 0 Å². The van der Waals surface area contributed by atoms with Gasteiger partial charge in [-0.1, -0.05) is 35.5 Å². The number of hydrogen-bond donors (Lipinski definition) is 0. The molecule has 1 aromatic carbocycles. The number of imidazole rings is 1. The van der Waals surface area contributed by atoms with Gasteiger partial charge in [-0.25, -0.2) is 9.97 Å². The van der Waals surface area contributed by atoms with E-state index in [1.54, 1.807) is 6.20 Å². The maximum Gasteiger partial charge on any atom is 0.173 e. The molecule has 0 aliphatic heterocycles. The van der Waals surface area contributed by atoms with Crippen molar-refractivity contribution in [1.29, 1.82) is 5.26 Å². The first-order valence-electron chi connectivity index (χ1n) is 5.81. The molecule has 0 saturated heterocycles. The molecule has 0 unspecified atom stereocenters. The number of benzene rings is 1. The Labute approximate surface area is 125 Å². The topological polar surface area (TPSA) is 54.0 Å². The maximum absolute atomic E-state index is 9.15. The third-order valence-electron chi connectivity index (χ3n) is 2.90. The number of halogens is 1. The van der Waals surface area contributed by atoms with Crippen LogP contribution in [0.2, 0.25) is 5.02 Å². The van der Waals surface area contributed by atoms with E-state index in [2.05, 4.69) is 16.0 Å². The van der Waals surface area contributed by atoms with Gasteiger partial charge in [0.25, 0.3) is 0 Å². The third kappa shape index (κ3) is 2.13. The van der Waals surface area contributed by atoms with Crippen LogP contribution in [0.15, 0.2) is 41.8 Å². The van der Waals surface area contributed by atoms with Crippen LogP contribution >= 0.6 is 23.4 Å². The van der Waals surface area contributed by atoms with Crippen molar-refractivity contribution < 1.29 is 0 Å². The molecule has 0 radical (unpaired) electrons. The van der Waals surface area contributed by atoms with Crippen LogP contribution in [0.3, 0.4) is 0 Å². The number of rotatable bonds is 2. The zero-order valence-corrected chi connectivity index (χ0v) is 12.1. The van der Waals surface area contributed by atoms with E-state index in [4.69, 9.17) is 16.9 Å². The van der Waals surface area contributed by atoms with Gasteiger partial charge >= 0.3 is 0 Å². The maximum atomic E-state index is 9.15. The molecule has 6 heteroatoms. The van der Waals surface area contributed by atoms with Gasteiger partial charge in [0, 0.05) is 16.8 Å². The van der Waals surface area contributed by atoms with Gasteiger partial charge in [-0.3, -0.25) is 4.40 Å². The van der Waals surface area contributed by atoms with Crippen molar-refractivity contribution >= 4 is 29.0 Å². The number of thioether (sulfide) groups is 1. The number of aromatic nitrogens is 3. The largest absolute Gasteiger partial charge is 0.277 e. The summed E-state index contributed by atoms with van der Waals surface area (Å²) in [6.07, 6.45) is 5.38. The van der Waals surface area contributed by atoms with Crippen LogP contribution in [0.5, 0.6) is 0 Å². The first kappa shape index (κ1) is 13.0. The molecule has 0 fully saturated rings. The molecule has 0 aliphatic carbocycles. The number of nitriles is 1. The van der Waals surface area contributed by atoms with Crippen molar-refractivity contribution in [2.45, 2.75) is 5.16 Å². The average molecular weight is 301 g/mol. The quantitative estimate of drug-likeness (QED) is 0.535. The first-order valence-corrected chi connectivity index (χ1v) is 7.41. The van der Waals surface area contributed by atoms with Crippen molar-refractivity contribution in [1.82, 2.24) is 14.4 Å². The molecule has 20 heavy (non-hydrogen) atoms. The highest BCUT2D eigenvalue weighted by atomic mass is 35.5. The van der Waals surface area contributed by atoms with Crippen LogP contribution in [0, 0.1) is 11.3 Å². The summed E-state index contributed by atoms with van der Waals surface area (Å²) in [4.78, 5) is 8.80.